The smallest absolute Gasteiger partial charge is 0.265 e. The molecule has 3 aromatic heterocycles. The highest BCUT2D eigenvalue weighted by Gasteiger charge is 2.42. The Hall–Kier alpha value is -3.03. The number of hydrogen-bond acceptors (Lipinski definition) is 4. The predicted octanol–water partition coefficient (Wildman–Crippen LogP) is 5.86. The highest BCUT2D eigenvalue weighted by Crippen LogP contribution is 2.46. The molecule has 0 atom stereocenters. The molecule has 1 N–H and O–H groups in total. The molecule has 0 saturated heterocycles. The van der Waals surface area contributed by atoms with Crippen molar-refractivity contribution in [3.63, 3.8) is 0 Å². The fourth-order valence-corrected chi connectivity index (χ4v) is 4.30. The van der Waals surface area contributed by atoms with E-state index in [0.717, 1.165) is 0 Å². The Morgan fingerprint density at radius 2 is 2.00 bits per heavy atom. The molecule has 1 aliphatic rings. The first-order valence-corrected chi connectivity index (χ1v) is 9.30. The molecular weight excluding hydrogens is 383 g/mol. The van der Waals surface area contributed by atoms with Gasteiger partial charge in [-0.2, -0.15) is 0 Å². The molecule has 0 amide bonds. The van der Waals surface area contributed by atoms with E-state index in [1.165, 1.54) is 25.5 Å². The lowest BCUT2D eigenvalue weighted by Crippen LogP contribution is -2.38. The number of phenolic OH excluding ortho intramolecular Hbond substituents is 1. The predicted molar refractivity (Wildman–Crippen MR) is 102 cm³/mol. The Kier molecular flexibility index (Phi) is 3.72. The van der Waals surface area contributed by atoms with Crippen LogP contribution in [0.2, 0.25) is 0 Å². The second-order valence-electron chi connectivity index (χ2n) is 7.98. The third-order valence-electron chi connectivity index (χ3n) is 5.74. The lowest BCUT2D eigenvalue weighted by atomic mass is 9.79. The maximum absolute atomic E-state index is 13.9. The molecule has 0 unspecified atom stereocenters. The quantitative estimate of drug-likeness (QED) is 0.467. The molecule has 0 radical (unpaired) electrons. The summed E-state index contributed by atoms with van der Waals surface area (Å²) < 4.78 is 48.3. The Labute approximate surface area is 163 Å². The molecule has 0 aliphatic heterocycles. The topological polar surface area (TPSA) is 64.1 Å². The van der Waals surface area contributed by atoms with Crippen LogP contribution in [-0.4, -0.2) is 25.5 Å². The standard InChI is InChI=1S/C21H18F3N3O2/c1-10-5-16-12(3-4-29-16)18(28)17(10)15-6-13-14(19(22)23)9-27(20(13)26-25-15)11-7-21(2,24)8-11/h3-6,9,11,19,28H,7-8H2,1-2H3. The first-order chi connectivity index (χ1) is 13.7. The number of benzene rings is 1. The van der Waals surface area contributed by atoms with Gasteiger partial charge in [-0.15, -0.1) is 10.2 Å². The van der Waals surface area contributed by atoms with Crippen LogP contribution in [-0.2, 0) is 0 Å². The fraction of sp³-hybridized carbons (Fsp3) is 0.333. The van der Waals surface area contributed by atoms with Crippen LogP contribution in [0.5, 0.6) is 5.75 Å². The molecule has 3 heterocycles. The number of aromatic hydroxyl groups is 1. The Morgan fingerprint density at radius 3 is 2.69 bits per heavy atom. The Bertz CT molecular complexity index is 1250. The molecule has 1 aromatic carbocycles. The number of aryl methyl sites for hydroxylation is 1. The molecule has 8 heteroatoms. The van der Waals surface area contributed by atoms with E-state index in [0.29, 0.717) is 33.4 Å². The highest BCUT2D eigenvalue weighted by atomic mass is 19.3. The van der Waals surface area contributed by atoms with Crippen LogP contribution in [0.3, 0.4) is 0 Å². The summed E-state index contributed by atoms with van der Waals surface area (Å²) in [5, 5.41) is 19.8. The van der Waals surface area contributed by atoms with Crippen molar-refractivity contribution >= 4 is 22.0 Å². The van der Waals surface area contributed by atoms with E-state index in [-0.39, 0.29) is 35.6 Å². The zero-order chi connectivity index (χ0) is 20.5. The van der Waals surface area contributed by atoms with Crippen molar-refractivity contribution in [1.29, 1.82) is 0 Å². The number of rotatable bonds is 3. The minimum absolute atomic E-state index is 0.0346. The lowest BCUT2D eigenvalue weighted by Gasteiger charge is -2.39. The number of furan rings is 1. The number of aromatic nitrogens is 3. The van der Waals surface area contributed by atoms with E-state index < -0.39 is 12.1 Å². The molecule has 0 spiro atoms. The minimum atomic E-state index is -2.71. The van der Waals surface area contributed by atoms with Crippen LogP contribution in [0.15, 0.2) is 35.1 Å². The van der Waals surface area contributed by atoms with Gasteiger partial charge in [0.25, 0.3) is 6.43 Å². The lowest BCUT2D eigenvalue weighted by molar-refractivity contribution is 0.0335. The third kappa shape index (κ3) is 2.69. The summed E-state index contributed by atoms with van der Waals surface area (Å²) >= 11 is 0. The summed E-state index contributed by atoms with van der Waals surface area (Å²) in [5.74, 6) is -0.0346. The molecule has 1 saturated carbocycles. The molecule has 29 heavy (non-hydrogen) atoms. The van der Waals surface area contributed by atoms with Crippen LogP contribution in [0.25, 0.3) is 33.3 Å². The number of alkyl halides is 3. The molecular formula is C21H18F3N3O2. The molecule has 1 fully saturated rings. The number of halogens is 3. The van der Waals surface area contributed by atoms with Crippen LogP contribution in [0, 0.1) is 6.92 Å². The van der Waals surface area contributed by atoms with E-state index in [1.54, 1.807) is 23.6 Å². The van der Waals surface area contributed by atoms with Crippen molar-refractivity contribution in [2.45, 2.75) is 44.8 Å². The second-order valence-corrected chi connectivity index (χ2v) is 7.98. The van der Waals surface area contributed by atoms with Crippen LogP contribution in [0.1, 0.15) is 43.4 Å². The van der Waals surface area contributed by atoms with Crippen molar-refractivity contribution < 1.29 is 22.7 Å². The van der Waals surface area contributed by atoms with E-state index in [4.69, 9.17) is 4.42 Å². The Balaban J connectivity index is 1.69. The second kappa shape index (κ2) is 5.98. The van der Waals surface area contributed by atoms with Gasteiger partial charge in [-0.05, 0) is 37.6 Å². The normalized spacial score (nSPS) is 21.9. The number of nitrogens with zero attached hydrogens (tertiary/aromatic N) is 3. The van der Waals surface area contributed by atoms with Gasteiger partial charge in [-0.25, -0.2) is 13.2 Å². The number of phenols is 1. The van der Waals surface area contributed by atoms with Gasteiger partial charge in [0.05, 0.1) is 17.3 Å². The number of fused-ring (bicyclic) bond motifs is 2. The summed E-state index contributed by atoms with van der Waals surface area (Å²) in [6.07, 6.45) is 0.604. The number of hydrogen-bond donors (Lipinski definition) is 1. The maximum atomic E-state index is 13.9. The zero-order valence-corrected chi connectivity index (χ0v) is 15.8. The van der Waals surface area contributed by atoms with Gasteiger partial charge in [-0.1, -0.05) is 0 Å². The van der Waals surface area contributed by atoms with Crippen LogP contribution in [0.4, 0.5) is 13.2 Å². The van der Waals surface area contributed by atoms with Gasteiger partial charge in [0.2, 0.25) is 0 Å². The van der Waals surface area contributed by atoms with E-state index in [9.17, 15) is 18.3 Å². The largest absolute Gasteiger partial charge is 0.506 e. The molecule has 5 rings (SSSR count). The first kappa shape index (κ1) is 18.0. The van der Waals surface area contributed by atoms with Gasteiger partial charge >= 0.3 is 0 Å². The molecule has 150 valence electrons. The summed E-state index contributed by atoms with van der Waals surface area (Å²) in [6.45, 7) is 3.28. The van der Waals surface area contributed by atoms with Gasteiger partial charge in [-0.3, -0.25) is 0 Å². The van der Waals surface area contributed by atoms with Gasteiger partial charge in [0.1, 0.15) is 17.0 Å². The fourth-order valence-electron chi connectivity index (χ4n) is 4.30. The van der Waals surface area contributed by atoms with E-state index in [1.807, 2.05) is 0 Å². The van der Waals surface area contributed by atoms with Crippen LogP contribution >= 0.6 is 0 Å². The summed E-state index contributed by atoms with van der Waals surface area (Å²) in [5.41, 5.74) is 0.750. The minimum Gasteiger partial charge on any atom is -0.506 e. The van der Waals surface area contributed by atoms with Crippen molar-refractivity contribution in [2.24, 2.45) is 0 Å². The van der Waals surface area contributed by atoms with E-state index in [2.05, 4.69) is 10.2 Å². The van der Waals surface area contributed by atoms with Crippen LogP contribution < -0.4 is 0 Å². The molecule has 4 aromatic rings. The molecule has 5 nitrogen and oxygen atoms in total. The monoisotopic (exact) mass is 401 g/mol. The maximum Gasteiger partial charge on any atom is 0.265 e. The van der Waals surface area contributed by atoms with Crippen molar-refractivity contribution in [2.75, 3.05) is 0 Å². The van der Waals surface area contributed by atoms with Gasteiger partial charge < -0.3 is 14.1 Å². The summed E-state index contributed by atoms with van der Waals surface area (Å²) in [6, 6.07) is 4.68. The zero-order valence-electron chi connectivity index (χ0n) is 15.8. The van der Waals surface area contributed by atoms with Crippen molar-refractivity contribution in [3.05, 3.63) is 41.8 Å². The average Bonchev–Trinajstić information content (AvgIpc) is 3.23. The summed E-state index contributed by atoms with van der Waals surface area (Å²) in [4.78, 5) is 0. The third-order valence-corrected chi connectivity index (χ3v) is 5.74. The molecule has 0 bridgehead atoms. The van der Waals surface area contributed by atoms with Crippen molar-refractivity contribution in [1.82, 2.24) is 14.8 Å². The first-order valence-electron chi connectivity index (χ1n) is 9.30. The molecule has 1 aliphatic carbocycles. The Morgan fingerprint density at radius 1 is 1.24 bits per heavy atom. The highest BCUT2D eigenvalue weighted by molar-refractivity contribution is 5.94. The average molecular weight is 401 g/mol. The van der Waals surface area contributed by atoms with Crippen molar-refractivity contribution in [3.8, 4) is 17.0 Å². The van der Waals surface area contributed by atoms with Gasteiger partial charge in [0.15, 0.2) is 5.65 Å². The SMILES string of the molecule is Cc1cc2occc2c(O)c1-c1cc2c(C(F)F)cn(C3CC(C)(F)C3)c2nn1. The van der Waals surface area contributed by atoms with Gasteiger partial charge in [0, 0.05) is 41.6 Å². The van der Waals surface area contributed by atoms with E-state index >= 15 is 0 Å². The summed E-state index contributed by atoms with van der Waals surface area (Å²) in [7, 11) is 0.